The molecule has 2 N–H and O–H groups in total. The molecule has 2 nitrogen and oxygen atoms in total. The van der Waals surface area contributed by atoms with Gasteiger partial charge < -0.3 is 10.6 Å². The Morgan fingerprint density at radius 3 is 2.35 bits per heavy atom. The maximum absolute atomic E-state index is 12.2. The van der Waals surface area contributed by atoms with Gasteiger partial charge in [0.1, 0.15) is 0 Å². The predicted octanol–water partition coefficient (Wildman–Crippen LogP) is 3.36. The molecular weight excluding hydrogens is 253 g/mol. The molecule has 0 aromatic heterocycles. The minimum absolute atomic E-state index is 0.257. The first kappa shape index (κ1) is 14.1. The topological polar surface area (TPSA) is 29.3 Å². The first-order valence-electron chi connectivity index (χ1n) is 5.00. The second kappa shape index (κ2) is 5.14. The maximum Gasteiger partial charge on any atom is 0.390 e. The van der Waals surface area contributed by atoms with Gasteiger partial charge in [-0.15, -0.1) is 0 Å². The van der Waals surface area contributed by atoms with E-state index >= 15 is 0 Å². The van der Waals surface area contributed by atoms with Crippen LogP contribution in [0.5, 0.6) is 0 Å². The van der Waals surface area contributed by atoms with Gasteiger partial charge in [0, 0.05) is 30.8 Å². The van der Waals surface area contributed by atoms with Gasteiger partial charge in [0.2, 0.25) is 0 Å². The van der Waals surface area contributed by atoms with Crippen molar-refractivity contribution >= 4 is 17.3 Å². The molecule has 6 heteroatoms. The fourth-order valence-corrected chi connectivity index (χ4v) is 1.77. The summed E-state index contributed by atoms with van der Waals surface area (Å²) >= 11 is 5.92. The highest BCUT2D eigenvalue weighted by molar-refractivity contribution is 6.31. The number of hydrogen-bond donors (Lipinski definition) is 1. The van der Waals surface area contributed by atoms with Crippen LogP contribution in [0.4, 0.5) is 18.9 Å². The average molecular weight is 267 g/mol. The van der Waals surface area contributed by atoms with Gasteiger partial charge in [0.15, 0.2) is 0 Å². The third kappa shape index (κ3) is 4.09. The lowest BCUT2D eigenvalue weighted by molar-refractivity contribution is -0.138. The standard InChI is InChI=1S/C11H14ClF3N2/c1-17(2)7-3-4-8(9(12)5-7)10(16)6-11(13,14)15/h3-5,10H,6,16H2,1-2H3/t10-/m0/s1. The van der Waals surface area contributed by atoms with Crippen LogP contribution in [0.3, 0.4) is 0 Å². The van der Waals surface area contributed by atoms with Gasteiger partial charge in [-0.3, -0.25) is 0 Å². The molecule has 0 fully saturated rings. The molecule has 0 heterocycles. The van der Waals surface area contributed by atoms with E-state index in [0.717, 1.165) is 5.69 Å². The molecule has 1 rings (SSSR count). The lowest BCUT2D eigenvalue weighted by Crippen LogP contribution is -2.20. The van der Waals surface area contributed by atoms with Crippen LogP contribution in [0.1, 0.15) is 18.0 Å². The smallest absolute Gasteiger partial charge is 0.378 e. The lowest BCUT2D eigenvalue weighted by atomic mass is 10.0. The van der Waals surface area contributed by atoms with Crippen molar-refractivity contribution < 1.29 is 13.2 Å². The summed E-state index contributed by atoms with van der Waals surface area (Å²) in [5.74, 6) is 0. The summed E-state index contributed by atoms with van der Waals surface area (Å²) in [6.07, 6.45) is -5.36. The Morgan fingerprint density at radius 2 is 1.94 bits per heavy atom. The highest BCUT2D eigenvalue weighted by atomic mass is 35.5. The van der Waals surface area contributed by atoms with E-state index in [1.807, 2.05) is 19.0 Å². The summed E-state index contributed by atoms with van der Waals surface area (Å²) in [4.78, 5) is 1.81. The Balaban J connectivity index is 2.92. The van der Waals surface area contributed by atoms with Crippen molar-refractivity contribution in [2.24, 2.45) is 5.73 Å². The number of rotatable bonds is 3. The van der Waals surface area contributed by atoms with Crippen LogP contribution >= 0.6 is 11.6 Å². The van der Waals surface area contributed by atoms with Crippen molar-refractivity contribution in [3.63, 3.8) is 0 Å². The van der Waals surface area contributed by atoms with Crippen LogP contribution < -0.4 is 10.6 Å². The molecule has 0 aliphatic carbocycles. The van der Waals surface area contributed by atoms with E-state index < -0.39 is 18.6 Å². The van der Waals surface area contributed by atoms with E-state index in [1.165, 1.54) is 6.07 Å². The van der Waals surface area contributed by atoms with E-state index in [1.54, 1.807) is 12.1 Å². The van der Waals surface area contributed by atoms with Gasteiger partial charge >= 0.3 is 6.18 Å². The predicted molar refractivity (Wildman–Crippen MR) is 63.4 cm³/mol. The number of nitrogens with two attached hydrogens (primary N) is 1. The van der Waals surface area contributed by atoms with Gasteiger partial charge in [-0.25, -0.2) is 0 Å². The van der Waals surface area contributed by atoms with Crippen LogP contribution in [0.25, 0.3) is 0 Å². The molecule has 0 bridgehead atoms. The maximum atomic E-state index is 12.2. The zero-order valence-electron chi connectivity index (χ0n) is 9.55. The van der Waals surface area contributed by atoms with Crippen molar-refractivity contribution in [2.75, 3.05) is 19.0 Å². The number of nitrogens with zero attached hydrogens (tertiary/aromatic N) is 1. The van der Waals surface area contributed by atoms with Crippen LogP contribution in [-0.4, -0.2) is 20.3 Å². The third-order valence-corrected chi connectivity index (χ3v) is 2.68. The molecule has 0 unspecified atom stereocenters. The molecule has 0 radical (unpaired) electrons. The summed E-state index contributed by atoms with van der Waals surface area (Å²) in [5, 5.41) is 0.257. The Morgan fingerprint density at radius 1 is 1.35 bits per heavy atom. The van der Waals surface area contributed by atoms with Crippen LogP contribution in [-0.2, 0) is 0 Å². The number of anilines is 1. The first-order chi connectivity index (χ1) is 7.70. The molecule has 0 saturated heterocycles. The number of halogens is 4. The lowest BCUT2D eigenvalue weighted by Gasteiger charge is -2.18. The second-order valence-corrected chi connectivity index (χ2v) is 4.43. The molecule has 1 atom stereocenters. The van der Waals surface area contributed by atoms with Crippen molar-refractivity contribution in [1.29, 1.82) is 0 Å². The molecule has 0 aliphatic heterocycles. The summed E-state index contributed by atoms with van der Waals surface area (Å²) in [5.41, 5.74) is 6.62. The molecule has 0 saturated carbocycles. The third-order valence-electron chi connectivity index (χ3n) is 2.35. The fourth-order valence-electron chi connectivity index (χ4n) is 1.45. The minimum atomic E-state index is -4.29. The summed E-state index contributed by atoms with van der Waals surface area (Å²) in [7, 11) is 3.64. The number of alkyl halides is 3. The fraction of sp³-hybridized carbons (Fsp3) is 0.455. The second-order valence-electron chi connectivity index (χ2n) is 4.03. The van der Waals surface area contributed by atoms with Crippen molar-refractivity contribution in [1.82, 2.24) is 0 Å². The van der Waals surface area contributed by atoms with Crippen LogP contribution in [0, 0.1) is 0 Å². The Bertz CT molecular complexity index is 391. The first-order valence-corrected chi connectivity index (χ1v) is 5.37. The van der Waals surface area contributed by atoms with Crippen molar-refractivity contribution in [3.05, 3.63) is 28.8 Å². The molecule has 0 amide bonds. The molecular formula is C11H14ClF3N2. The van der Waals surface area contributed by atoms with Gasteiger partial charge in [0.05, 0.1) is 6.42 Å². The normalized spacial score (nSPS) is 13.6. The largest absolute Gasteiger partial charge is 0.390 e. The van der Waals surface area contributed by atoms with Gasteiger partial charge in [-0.1, -0.05) is 17.7 Å². The van der Waals surface area contributed by atoms with E-state index in [0.29, 0.717) is 5.56 Å². The van der Waals surface area contributed by atoms with Gasteiger partial charge in [0.25, 0.3) is 0 Å². The number of hydrogen-bond acceptors (Lipinski definition) is 2. The molecule has 17 heavy (non-hydrogen) atoms. The molecule has 0 aliphatic rings. The summed E-state index contributed by atoms with van der Waals surface area (Å²) in [6.45, 7) is 0. The Labute approximate surface area is 103 Å². The monoisotopic (exact) mass is 266 g/mol. The van der Waals surface area contributed by atoms with E-state index in [-0.39, 0.29) is 5.02 Å². The quantitative estimate of drug-likeness (QED) is 0.909. The number of benzene rings is 1. The zero-order chi connectivity index (χ0) is 13.2. The minimum Gasteiger partial charge on any atom is -0.378 e. The van der Waals surface area contributed by atoms with Crippen molar-refractivity contribution in [3.8, 4) is 0 Å². The Hall–Kier alpha value is -0.940. The average Bonchev–Trinajstić information content (AvgIpc) is 2.14. The van der Waals surface area contributed by atoms with Crippen LogP contribution in [0.2, 0.25) is 5.02 Å². The van der Waals surface area contributed by atoms with Gasteiger partial charge in [-0.05, 0) is 17.7 Å². The molecule has 96 valence electrons. The zero-order valence-corrected chi connectivity index (χ0v) is 10.3. The SMILES string of the molecule is CN(C)c1ccc([C@@H](N)CC(F)(F)F)c(Cl)c1. The summed E-state index contributed by atoms with van der Waals surface area (Å²) in [6, 6.07) is 3.71. The Kier molecular flexibility index (Phi) is 4.27. The highest BCUT2D eigenvalue weighted by Crippen LogP contribution is 2.32. The summed E-state index contributed by atoms with van der Waals surface area (Å²) < 4.78 is 36.6. The van der Waals surface area contributed by atoms with Gasteiger partial charge in [-0.2, -0.15) is 13.2 Å². The van der Waals surface area contributed by atoms with Crippen LogP contribution in [0.15, 0.2) is 18.2 Å². The van der Waals surface area contributed by atoms with E-state index in [2.05, 4.69) is 0 Å². The van der Waals surface area contributed by atoms with E-state index in [9.17, 15) is 13.2 Å². The van der Waals surface area contributed by atoms with Crippen molar-refractivity contribution in [2.45, 2.75) is 18.6 Å². The highest BCUT2D eigenvalue weighted by Gasteiger charge is 2.31. The molecule has 0 spiro atoms. The van der Waals surface area contributed by atoms with E-state index in [4.69, 9.17) is 17.3 Å². The molecule has 1 aromatic carbocycles. The molecule has 1 aromatic rings.